The van der Waals surface area contributed by atoms with Crippen LogP contribution in [-0.4, -0.2) is 23.1 Å². The molecule has 0 saturated carbocycles. The number of nitrogens with one attached hydrogen (secondary N) is 2. The highest BCUT2D eigenvalue weighted by atomic mass is 15.1. The van der Waals surface area contributed by atoms with Crippen molar-refractivity contribution < 1.29 is 0 Å². The maximum Gasteiger partial charge on any atom is 0.223 e. The summed E-state index contributed by atoms with van der Waals surface area (Å²) >= 11 is 0. The predicted molar refractivity (Wildman–Crippen MR) is 87.0 cm³/mol. The SMILES string of the molecule is CCNc1cc(NCCCCCCC(C)C)nc(N)n1. The Morgan fingerprint density at radius 2 is 1.70 bits per heavy atom. The number of anilines is 3. The van der Waals surface area contributed by atoms with Crippen LogP contribution in [-0.2, 0) is 0 Å². The molecule has 0 spiro atoms. The van der Waals surface area contributed by atoms with Gasteiger partial charge in [0.05, 0.1) is 0 Å². The molecule has 0 saturated heterocycles. The maximum atomic E-state index is 5.69. The quantitative estimate of drug-likeness (QED) is 0.571. The lowest BCUT2D eigenvalue weighted by Crippen LogP contribution is -2.08. The summed E-state index contributed by atoms with van der Waals surface area (Å²) in [6.45, 7) is 8.35. The second-order valence-corrected chi connectivity index (χ2v) is 5.55. The van der Waals surface area contributed by atoms with Crippen LogP contribution in [0, 0.1) is 5.92 Å². The monoisotopic (exact) mass is 279 g/mol. The summed E-state index contributed by atoms with van der Waals surface area (Å²) in [7, 11) is 0. The average molecular weight is 279 g/mol. The normalized spacial score (nSPS) is 10.8. The fourth-order valence-corrected chi connectivity index (χ4v) is 2.08. The number of nitrogen functional groups attached to an aromatic ring is 1. The third-order valence-corrected chi connectivity index (χ3v) is 3.12. The van der Waals surface area contributed by atoms with Crippen molar-refractivity contribution in [3.63, 3.8) is 0 Å². The standard InChI is InChI=1S/C15H29N5/c1-4-17-13-11-14(20-15(16)19-13)18-10-8-6-5-7-9-12(2)3/h11-12H,4-10H2,1-3H3,(H4,16,17,18,19,20). The zero-order valence-corrected chi connectivity index (χ0v) is 13.1. The number of nitrogens with zero attached hydrogens (tertiary/aromatic N) is 2. The van der Waals surface area contributed by atoms with Crippen molar-refractivity contribution in [3.05, 3.63) is 6.07 Å². The van der Waals surface area contributed by atoms with E-state index in [4.69, 9.17) is 5.73 Å². The minimum atomic E-state index is 0.308. The first kappa shape index (κ1) is 16.5. The highest BCUT2D eigenvalue weighted by Gasteiger charge is 2.01. The molecule has 0 amide bonds. The summed E-state index contributed by atoms with van der Waals surface area (Å²) < 4.78 is 0. The Labute approximate surface area is 122 Å². The minimum Gasteiger partial charge on any atom is -0.370 e. The van der Waals surface area contributed by atoms with Gasteiger partial charge < -0.3 is 16.4 Å². The topological polar surface area (TPSA) is 75.9 Å². The van der Waals surface area contributed by atoms with Crippen LogP contribution in [0.4, 0.5) is 17.6 Å². The summed E-state index contributed by atoms with van der Waals surface area (Å²) in [4.78, 5) is 8.31. The van der Waals surface area contributed by atoms with Gasteiger partial charge >= 0.3 is 0 Å². The van der Waals surface area contributed by atoms with Crippen molar-refractivity contribution in [3.8, 4) is 0 Å². The Morgan fingerprint density at radius 1 is 1.05 bits per heavy atom. The lowest BCUT2D eigenvalue weighted by molar-refractivity contribution is 0.523. The third-order valence-electron chi connectivity index (χ3n) is 3.12. The number of hydrogen-bond acceptors (Lipinski definition) is 5. The van der Waals surface area contributed by atoms with Crippen molar-refractivity contribution in [2.24, 2.45) is 5.92 Å². The molecule has 20 heavy (non-hydrogen) atoms. The summed E-state index contributed by atoms with van der Waals surface area (Å²) in [5.74, 6) is 2.71. The molecule has 1 aromatic rings. The van der Waals surface area contributed by atoms with E-state index in [2.05, 4.69) is 34.4 Å². The minimum absolute atomic E-state index is 0.308. The summed E-state index contributed by atoms with van der Waals surface area (Å²) in [6, 6.07) is 1.90. The summed E-state index contributed by atoms with van der Waals surface area (Å²) in [6.07, 6.45) is 6.41. The van der Waals surface area contributed by atoms with Gasteiger partial charge in [0, 0.05) is 19.2 Å². The highest BCUT2D eigenvalue weighted by Crippen LogP contribution is 2.13. The number of rotatable bonds is 10. The van der Waals surface area contributed by atoms with E-state index in [1.807, 2.05) is 13.0 Å². The molecule has 114 valence electrons. The van der Waals surface area contributed by atoms with Crippen molar-refractivity contribution >= 4 is 17.6 Å². The molecule has 0 bridgehead atoms. The second-order valence-electron chi connectivity index (χ2n) is 5.55. The lowest BCUT2D eigenvalue weighted by Gasteiger charge is -2.09. The van der Waals surface area contributed by atoms with E-state index in [1.54, 1.807) is 0 Å². The highest BCUT2D eigenvalue weighted by molar-refractivity contribution is 5.50. The van der Waals surface area contributed by atoms with E-state index >= 15 is 0 Å². The number of nitrogens with two attached hydrogens (primary N) is 1. The largest absolute Gasteiger partial charge is 0.370 e. The molecular formula is C15H29N5. The molecule has 1 rings (SSSR count). The van der Waals surface area contributed by atoms with Gasteiger partial charge in [0.15, 0.2) is 0 Å². The van der Waals surface area contributed by atoms with Gasteiger partial charge in [-0.05, 0) is 19.3 Å². The zero-order valence-electron chi connectivity index (χ0n) is 13.1. The van der Waals surface area contributed by atoms with Gasteiger partial charge in [0.25, 0.3) is 0 Å². The van der Waals surface area contributed by atoms with Crippen LogP contribution < -0.4 is 16.4 Å². The van der Waals surface area contributed by atoms with Gasteiger partial charge in [0.1, 0.15) is 11.6 Å². The Balaban J connectivity index is 2.21. The van der Waals surface area contributed by atoms with Crippen LogP contribution in [0.5, 0.6) is 0 Å². The fourth-order valence-electron chi connectivity index (χ4n) is 2.08. The van der Waals surface area contributed by atoms with E-state index in [9.17, 15) is 0 Å². The molecule has 1 aromatic heterocycles. The smallest absolute Gasteiger partial charge is 0.223 e. The molecule has 0 aliphatic rings. The van der Waals surface area contributed by atoms with Gasteiger partial charge in [-0.25, -0.2) is 0 Å². The molecule has 0 radical (unpaired) electrons. The lowest BCUT2D eigenvalue weighted by atomic mass is 10.0. The third kappa shape index (κ3) is 7.16. The zero-order chi connectivity index (χ0) is 14.8. The molecule has 0 aliphatic carbocycles. The van der Waals surface area contributed by atoms with Gasteiger partial charge in [-0.1, -0.05) is 39.5 Å². The number of unbranched alkanes of at least 4 members (excludes halogenated alkanes) is 3. The van der Waals surface area contributed by atoms with Crippen LogP contribution in [0.2, 0.25) is 0 Å². The average Bonchev–Trinajstić information content (AvgIpc) is 2.37. The molecule has 0 aliphatic heterocycles. The molecule has 4 N–H and O–H groups in total. The van der Waals surface area contributed by atoms with Gasteiger partial charge in [-0.15, -0.1) is 0 Å². The van der Waals surface area contributed by atoms with Gasteiger partial charge in [-0.2, -0.15) is 9.97 Å². The summed E-state index contributed by atoms with van der Waals surface area (Å²) in [5, 5.41) is 6.46. The molecule has 0 fully saturated rings. The van der Waals surface area contributed by atoms with Crippen molar-refractivity contribution in [1.29, 1.82) is 0 Å². The molecule has 5 nitrogen and oxygen atoms in total. The van der Waals surface area contributed by atoms with E-state index in [0.717, 1.165) is 30.6 Å². The predicted octanol–water partition coefficient (Wildman–Crippen LogP) is 3.51. The molecule has 5 heteroatoms. The molecule has 0 aromatic carbocycles. The van der Waals surface area contributed by atoms with Crippen LogP contribution in [0.1, 0.15) is 52.9 Å². The molecule has 1 heterocycles. The Kier molecular flexibility index (Phi) is 7.77. The number of aromatic nitrogens is 2. The van der Waals surface area contributed by atoms with Gasteiger partial charge in [0.2, 0.25) is 5.95 Å². The fraction of sp³-hybridized carbons (Fsp3) is 0.733. The first-order valence-corrected chi connectivity index (χ1v) is 7.74. The van der Waals surface area contributed by atoms with Crippen molar-refractivity contribution in [2.75, 3.05) is 29.5 Å². The van der Waals surface area contributed by atoms with Crippen molar-refractivity contribution in [1.82, 2.24) is 9.97 Å². The van der Waals surface area contributed by atoms with Crippen LogP contribution in [0.25, 0.3) is 0 Å². The van der Waals surface area contributed by atoms with Crippen LogP contribution in [0.3, 0.4) is 0 Å². The Morgan fingerprint density at radius 3 is 2.35 bits per heavy atom. The Bertz CT molecular complexity index is 379. The molecular weight excluding hydrogens is 250 g/mol. The van der Waals surface area contributed by atoms with Crippen LogP contribution in [0.15, 0.2) is 6.07 Å². The first-order chi connectivity index (χ1) is 9.61. The summed E-state index contributed by atoms with van der Waals surface area (Å²) in [5.41, 5.74) is 5.69. The maximum absolute atomic E-state index is 5.69. The second kappa shape index (κ2) is 9.39. The van der Waals surface area contributed by atoms with E-state index in [1.165, 1.54) is 32.1 Å². The Hall–Kier alpha value is -1.52. The molecule has 0 unspecified atom stereocenters. The molecule has 0 atom stereocenters. The van der Waals surface area contributed by atoms with E-state index in [-0.39, 0.29) is 0 Å². The van der Waals surface area contributed by atoms with Gasteiger partial charge in [-0.3, -0.25) is 0 Å². The van der Waals surface area contributed by atoms with E-state index in [0.29, 0.717) is 5.95 Å². The first-order valence-electron chi connectivity index (χ1n) is 7.74. The van der Waals surface area contributed by atoms with E-state index < -0.39 is 0 Å². The van der Waals surface area contributed by atoms with Crippen molar-refractivity contribution in [2.45, 2.75) is 52.9 Å². The number of hydrogen-bond donors (Lipinski definition) is 3. The van der Waals surface area contributed by atoms with Crippen LogP contribution >= 0.6 is 0 Å².